The first-order valence-corrected chi connectivity index (χ1v) is 20.2. The number of aromatic nitrogens is 2. The zero-order valence-electron chi connectivity index (χ0n) is 32.5. The van der Waals surface area contributed by atoms with Crippen molar-refractivity contribution in [3.8, 4) is 73.1 Å². The average molecular weight is 762 g/mol. The molecule has 0 aliphatic carbocycles. The Morgan fingerprint density at radius 1 is 0.300 bits per heavy atom. The summed E-state index contributed by atoms with van der Waals surface area (Å²) in [5, 5.41) is 16.6. The molecule has 1 aromatic heterocycles. The number of rotatable bonds is 6. The molecule has 1 heterocycles. The van der Waals surface area contributed by atoms with Gasteiger partial charge in [-0.15, -0.1) is 0 Å². The van der Waals surface area contributed by atoms with Crippen LogP contribution in [0.1, 0.15) is 5.56 Å². The number of nitrogens with zero attached hydrogens (tertiary/aromatic N) is 3. The monoisotopic (exact) mass is 761 g/mol. The quantitative estimate of drug-likeness (QED) is 0.159. The van der Waals surface area contributed by atoms with E-state index in [2.05, 4.69) is 170 Å². The second kappa shape index (κ2) is 14.6. The smallest absolute Gasteiger partial charge is 0.0991 e. The van der Waals surface area contributed by atoms with Crippen LogP contribution >= 0.6 is 0 Å². The van der Waals surface area contributed by atoms with E-state index in [-0.39, 0.29) is 0 Å². The van der Waals surface area contributed by atoms with Crippen LogP contribution in [-0.4, -0.2) is 9.97 Å². The molecule has 278 valence electrons. The summed E-state index contributed by atoms with van der Waals surface area (Å²) in [5.74, 6) is 0. The van der Waals surface area contributed by atoms with Crippen molar-refractivity contribution in [3.63, 3.8) is 0 Å². The van der Waals surface area contributed by atoms with Crippen molar-refractivity contribution >= 4 is 43.4 Å². The zero-order valence-corrected chi connectivity index (χ0v) is 32.5. The number of hydrogen-bond donors (Lipinski definition) is 0. The van der Waals surface area contributed by atoms with E-state index in [9.17, 15) is 5.26 Å². The van der Waals surface area contributed by atoms with Crippen LogP contribution in [0.5, 0.6) is 0 Å². The van der Waals surface area contributed by atoms with Gasteiger partial charge < -0.3 is 0 Å². The maximum atomic E-state index is 9.21. The average Bonchev–Trinajstić information content (AvgIpc) is 3.33. The fourth-order valence-corrected chi connectivity index (χ4v) is 8.72. The van der Waals surface area contributed by atoms with Crippen LogP contribution in [0.2, 0.25) is 0 Å². The summed E-state index contributed by atoms with van der Waals surface area (Å²) in [6.07, 6.45) is 0. The van der Waals surface area contributed by atoms with Crippen molar-refractivity contribution in [3.05, 3.63) is 218 Å². The fraction of sp³-hybridized carbons (Fsp3) is 0. The topological polar surface area (TPSA) is 49.6 Å². The predicted octanol–water partition coefficient (Wildman–Crippen LogP) is 15.0. The Balaban J connectivity index is 0.973. The van der Waals surface area contributed by atoms with Crippen molar-refractivity contribution in [2.45, 2.75) is 0 Å². The first-order valence-electron chi connectivity index (χ1n) is 20.2. The van der Waals surface area contributed by atoms with E-state index in [1.54, 1.807) is 0 Å². The second-order valence-corrected chi connectivity index (χ2v) is 15.2. The Morgan fingerprint density at radius 3 is 1.35 bits per heavy atom. The number of fused-ring (bicyclic) bond motifs is 5. The molecule has 0 aliphatic rings. The Hall–Kier alpha value is -8.19. The molecule has 3 heteroatoms. The van der Waals surface area contributed by atoms with Crippen LogP contribution in [0.15, 0.2) is 212 Å². The Labute approximate surface area is 348 Å². The van der Waals surface area contributed by atoms with E-state index in [4.69, 9.17) is 9.97 Å². The molecule has 0 aliphatic heterocycles. The van der Waals surface area contributed by atoms with E-state index >= 15 is 0 Å². The van der Waals surface area contributed by atoms with Gasteiger partial charge in [0.2, 0.25) is 0 Å². The SMILES string of the molecule is N#Cc1ccc(-c2ccc(-c3ccc(-c4ccc(-c5nc6ccccc6nc5-c5cccc(-c6cc7ccccc7c7ccccc67)c5)cc4)c4ccccc34)cc2)cc1. The fourth-order valence-electron chi connectivity index (χ4n) is 8.72. The van der Waals surface area contributed by atoms with Gasteiger partial charge in [0, 0.05) is 11.1 Å². The van der Waals surface area contributed by atoms with Crippen LogP contribution in [0.4, 0.5) is 0 Å². The first-order chi connectivity index (χ1) is 29.7. The summed E-state index contributed by atoms with van der Waals surface area (Å²) >= 11 is 0. The zero-order chi connectivity index (χ0) is 40.0. The Kier molecular flexibility index (Phi) is 8.54. The summed E-state index contributed by atoms with van der Waals surface area (Å²) in [6, 6.07) is 77.0. The summed E-state index contributed by atoms with van der Waals surface area (Å²) in [6.45, 7) is 0. The predicted molar refractivity (Wildman–Crippen MR) is 249 cm³/mol. The largest absolute Gasteiger partial charge is 0.244 e. The summed E-state index contributed by atoms with van der Waals surface area (Å²) in [4.78, 5) is 10.6. The molecule has 0 bridgehead atoms. The van der Waals surface area contributed by atoms with E-state index in [0.29, 0.717) is 5.56 Å². The third-order valence-corrected chi connectivity index (χ3v) is 11.7. The van der Waals surface area contributed by atoms with Gasteiger partial charge in [-0.05, 0) is 113 Å². The molecule has 0 unspecified atom stereocenters. The number of benzene rings is 10. The van der Waals surface area contributed by atoms with Crippen LogP contribution in [-0.2, 0) is 0 Å². The van der Waals surface area contributed by atoms with Crippen molar-refractivity contribution < 1.29 is 0 Å². The number of para-hydroxylation sites is 2. The van der Waals surface area contributed by atoms with Crippen molar-refractivity contribution in [2.75, 3.05) is 0 Å². The molecule has 11 rings (SSSR count). The van der Waals surface area contributed by atoms with Crippen LogP contribution in [0, 0.1) is 11.3 Å². The lowest BCUT2D eigenvalue weighted by molar-refractivity contribution is 1.29. The summed E-state index contributed by atoms with van der Waals surface area (Å²) in [5.41, 5.74) is 15.3. The third-order valence-electron chi connectivity index (χ3n) is 11.7. The summed E-state index contributed by atoms with van der Waals surface area (Å²) < 4.78 is 0. The highest BCUT2D eigenvalue weighted by Crippen LogP contribution is 2.40. The van der Waals surface area contributed by atoms with Gasteiger partial charge >= 0.3 is 0 Å². The molecule has 3 nitrogen and oxygen atoms in total. The molecular weight excluding hydrogens is 727 g/mol. The maximum absolute atomic E-state index is 9.21. The standard InChI is InChI=1S/C57H35N3/c58-36-37-20-22-38(23-21-37)39-24-26-40(27-25-39)47-32-33-48(51-16-4-3-15-50(47)51)41-28-30-42(31-29-41)56-57(60-55-19-8-7-18-54(55)59-56)45-12-9-11-43(34-45)53-35-44-10-1-2-13-46(44)49-14-5-6-17-52(49)53/h1-35H. The van der Waals surface area contributed by atoms with E-state index in [1.807, 2.05) is 48.5 Å². The first kappa shape index (κ1) is 35.0. The van der Waals surface area contributed by atoms with E-state index in [1.165, 1.54) is 49.0 Å². The number of hydrogen-bond acceptors (Lipinski definition) is 3. The molecule has 0 radical (unpaired) electrons. The molecule has 0 spiro atoms. The van der Waals surface area contributed by atoms with Gasteiger partial charge in [-0.1, -0.05) is 176 Å². The highest BCUT2D eigenvalue weighted by molar-refractivity contribution is 6.14. The highest BCUT2D eigenvalue weighted by atomic mass is 14.8. The van der Waals surface area contributed by atoms with Gasteiger partial charge in [0.1, 0.15) is 0 Å². The van der Waals surface area contributed by atoms with Crippen LogP contribution < -0.4 is 0 Å². The molecule has 10 aromatic carbocycles. The molecule has 0 fully saturated rings. The molecule has 0 saturated heterocycles. The van der Waals surface area contributed by atoms with Crippen LogP contribution in [0.3, 0.4) is 0 Å². The molecule has 0 amide bonds. The van der Waals surface area contributed by atoms with Gasteiger partial charge in [-0.2, -0.15) is 5.26 Å². The third kappa shape index (κ3) is 6.16. The number of nitriles is 1. The van der Waals surface area contributed by atoms with E-state index in [0.717, 1.165) is 61.4 Å². The molecule has 60 heavy (non-hydrogen) atoms. The minimum absolute atomic E-state index is 0.663. The maximum Gasteiger partial charge on any atom is 0.0991 e. The lowest BCUT2D eigenvalue weighted by Gasteiger charge is -2.15. The Bertz CT molecular complexity index is 3470. The second-order valence-electron chi connectivity index (χ2n) is 15.2. The highest BCUT2D eigenvalue weighted by Gasteiger charge is 2.17. The molecule has 0 saturated carbocycles. The normalized spacial score (nSPS) is 11.3. The van der Waals surface area contributed by atoms with Gasteiger partial charge in [-0.25, -0.2) is 9.97 Å². The summed E-state index contributed by atoms with van der Waals surface area (Å²) in [7, 11) is 0. The lowest BCUT2D eigenvalue weighted by atomic mass is 9.90. The lowest BCUT2D eigenvalue weighted by Crippen LogP contribution is -1.96. The van der Waals surface area contributed by atoms with E-state index < -0.39 is 0 Å². The van der Waals surface area contributed by atoms with Crippen molar-refractivity contribution in [1.82, 2.24) is 9.97 Å². The van der Waals surface area contributed by atoms with Gasteiger partial charge in [0.05, 0.1) is 34.1 Å². The van der Waals surface area contributed by atoms with Crippen LogP contribution in [0.25, 0.3) is 110 Å². The van der Waals surface area contributed by atoms with Crippen molar-refractivity contribution in [1.29, 1.82) is 5.26 Å². The van der Waals surface area contributed by atoms with Gasteiger partial charge in [0.25, 0.3) is 0 Å². The molecule has 0 N–H and O–H groups in total. The van der Waals surface area contributed by atoms with Gasteiger partial charge in [0.15, 0.2) is 0 Å². The minimum atomic E-state index is 0.663. The molecular formula is C57H35N3. The Morgan fingerprint density at radius 2 is 0.750 bits per heavy atom. The van der Waals surface area contributed by atoms with Gasteiger partial charge in [-0.3, -0.25) is 0 Å². The minimum Gasteiger partial charge on any atom is -0.244 e. The molecule has 11 aromatic rings. The molecule has 0 atom stereocenters. The van der Waals surface area contributed by atoms with Crippen molar-refractivity contribution in [2.24, 2.45) is 0 Å².